The number of aryl methyl sites for hydroxylation is 1. The lowest BCUT2D eigenvalue weighted by Gasteiger charge is -2.26. The summed E-state index contributed by atoms with van der Waals surface area (Å²) < 4.78 is 6.57. The average Bonchev–Trinajstić information content (AvgIpc) is 3.56. The fraction of sp³-hybridized carbons (Fsp3) is 0.412. The lowest BCUT2D eigenvalue weighted by atomic mass is 9.89. The zero-order chi connectivity index (χ0) is 33.3. The first-order chi connectivity index (χ1) is 22.6. The summed E-state index contributed by atoms with van der Waals surface area (Å²) in [5.74, 6) is 0.877. The average molecular weight is 658 g/mol. The minimum absolute atomic E-state index is 0.114. The molecule has 5 heterocycles. The van der Waals surface area contributed by atoms with Crippen LogP contribution in [0.25, 0.3) is 11.3 Å². The first-order valence-corrected chi connectivity index (χ1v) is 16.5. The number of carbonyl (C=O) groups is 2. The highest BCUT2D eigenvalue weighted by molar-refractivity contribution is 7.14. The summed E-state index contributed by atoms with van der Waals surface area (Å²) in [7, 11) is 3.48. The number of aliphatic hydroxyl groups excluding tert-OH is 1. The maximum Gasteiger partial charge on any atom is 0.290 e. The Morgan fingerprint density at radius 2 is 1.96 bits per heavy atom. The number of rotatable bonds is 10. The summed E-state index contributed by atoms with van der Waals surface area (Å²) in [6.45, 7) is 6.91. The molecule has 0 aromatic carbocycles. The molecule has 47 heavy (non-hydrogen) atoms. The number of nitrogens with one attached hydrogen (secondary N) is 1. The van der Waals surface area contributed by atoms with Crippen LogP contribution in [0.2, 0.25) is 0 Å². The molecule has 6 rings (SSSR count). The smallest absolute Gasteiger partial charge is 0.290 e. The van der Waals surface area contributed by atoms with E-state index in [4.69, 9.17) is 4.74 Å². The lowest BCUT2D eigenvalue weighted by molar-refractivity contribution is 0.0302. The molecule has 1 amide bonds. The molecule has 0 saturated carbocycles. The van der Waals surface area contributed by atoms with Crippen LogP contribution in [0.15, 0.2) is 41.5 Å². The summed E-state index contributed by atoms with van der Waals surface area (Å²) >= 11 is 1.61. The van der Waals surface area contributed by atoms with E-state index in [0.29, 0.717) is 73.3 Å². The van der Waals surface area contributed by atoms with Gasteiger partial charge in [0.05, 0.1) is 36.0 Å². The van der Waals surface area contributed by atoms with Crippen LogP contribution in [0.1, 0.15) is 55.4 Å². The number of fused-ring (bicyclic) bond motifs is 1. The molecule has 0 bridgehead atoms. The van der Waals surface area contributed by atoms with Gasteiger partial charge in [0.15, 0.2) is 6.29 Å². The highest BCUT2D eigenvalue weighted by Gasteiger charge is 2.33. The maximum atomic E-state index is 13.1. The van der Waals surface area contributed by atoms with E-state index in [2.05, 4.69) is 34.2 Å². The number of anilines is 3. The molecule has 13 heteroatoms. The number of thiophene rings is 1. The van der Waals surface area contributed by atoms with E-state index < -0.39 is 0 Å². The largest absolute Gasteiger partial charge is 0.392 e. The number of amides is 1. The van der Waals surface area contributed by atoms with E-state index in [9.17, 15) is 19.5 Å². The Balaban J connectivity index is 1.23. The first-order valence-electron chi connectivity index (χ1n) is 15.7. The molecule has 12 nitrogen and oxygen atoms in total. The molecule has 2 N–H and O–H groups in total. The minimum Gasteiger partial charge on any atom is -0.392 e. The number of ether oxygens (including phenoxy) is 1. The second-order valence-corrected chi connectivity index (χ2v) is 13.9. The number of nitrogens with zero attached hydrogens (tertiary/aromatic N) is 6. The van der Waals surface area contributed by atoms with E-state index in [1.165, 1.54) is 21.3 Å². The van der Waals surface area contributed by atoms with E-state index in [1.807, 2.05) is 11.9 Å². The van der Waals surface area contributed by atoms with Crippen molar-refractivity contribution in [3.05, 3.63) is 79.0 Å². The topological polar surface area (TPSA) is 143 Å². The maximum absolute atomic E-state index is 13.1. The van der Waals surface area contributed by atoms with Crippen LogP contribution in [-0.2, 0) is 37.7 Å². The number of carbonyl (C=O) groups excluding carboxylic acids is 2. The fourth-order valence-corrected chi connectivity index (χ4v) is 7.81. The molecule has 0 atom stereocenters. The van der Waals surface area contributed by atoms with Gasteiger partial charge in [-0.25, -0.2) is 14.6 Å². The minimum atomic E-state index is -0.363. The van der Waals surface area contributed by atoms with E-state index in [0.717, 1.165) is 29.6 Å². The SMILES string of the molecule is CN(CCc1c(C=O)sc2c1CC(C)(C)C2)c1nccc(-c2cc(Nc3ccc(C(=O)N4CCOCC4)cn3)c(=O)n(C)n2)c1CO. The number of aldehydes is 1. The number of aliphatic hydroxyl groups is 1. The van der Waals surface area contributed by atoms with Crippen LogP contribution in [0.4, 0.5) is 17.3 Å². The molecule has 0 unspecified atom stereocenters. The Bertz CT molecular complexity index is 1860. The Kier molecular flexibility index (Phi) is 9.22. The third-order valence-electron chi connectivity index (χ3n) is 8.79. The van der Waals surface area contributed by atoms with Crippen molar-refractivity contribution in [2.45, 2.75) is 39.7 Å². The number of pyridine rings is 2. The molecule has 246 valence electrons. The molecule has 1 fully saturated rings. The Hall–Kier alpha value is -4.46. The van der Waals surface area contributed by atoms with Gasteiger partial charge >= 0.3 is 0 Å². The normalized spacial score (nSPS) is 15.4. The van der Waals surface area contributed by atoms with Crippen molar-refractivity contribution in [1.29, 1.82) is 0 Å². The molecule has 4 aromatic heterocycles. The van der Waals surface area contributed by atoms with Crippen molar-refractivity contribution >= 4 is 40.9 Å². The number of likely N-dealkylation sites (N-methyl/N-ethyl adjacent to an activating group) is 1. The van der Waals surface area contributed by atoms with Gasteiger partial charge in [0.25, 0.3) is 11.5 Å². The number of morpholine rings is 1. The zero-order valence-electron chi connectivity index (χ0n) is 27.1. The van der Waals surface area contributed by atoms with Crippen molar-refractivity contribution in [3.63, 3.8) is 0 Å². The van der Waals surface area contributed by atoms with Crippen molar-refractivity contribution in [1.82, 2.24) is 24.6 Å². The Morgan fingerprint density at radius 1 is 1.17 bits per heavy atom. The second kappa shape index (κ2) is 13.3. The van der Waals surface area contributed by atoms with Crippen molar-refractivity contribution in [2.24, 2.45) is 12.5 Å². The first kappa shape index (κ1) is 32.5. The van der Waals surface area contributed by atoms with Crippen LogP contribution in [0, 0.1) is 5.41 Å². The third-order valence-corrected chi connectivity index (χ3v) is 9.99. The van der Waals surface area contributed by atoms with E-state index in [-0.39, 0.29) is 29.2 Å². The number of hydrogen-bond donors (Lipinski definition) is 2. The Morgan fingerprint density at radius 3 is 2.66 bits per heavy atom. The van der Waals surface area contributed by atoms with Crippen molar-refractivity contribution in [3.8, 4) is 11.3 Å². The molecule has 1 aliphatic carbocycles. The van der Waals surface area contributed by atoms with Crippen molar-refractivity contribution < 1.29 is 19.4 Å². The predicted octanol–water partition coefficient (Wildman–Crippen LogP) is 3.62. The highest BCUT2D eigenvalue weighted by atomic mass is 32.1. The zero-order valence-corrected chi connectivity index (χ0v) is 27.9. The van der Waals surface area contributed by atoms with Crippen LogP contribution < -0.4 is 15.8 Å². The standard InChI is InChI=1S/C34H39N7O5S/c1-34(2)16-24-23(29(20-43)47-28(24)17-34)8-10-39(3)31-25(19-42)22(7-9-35-31)26-15-27(33(45)40(4)38-26)37-30-6-5-21(18-36-30)32(44)41-11-13-46-14-12-41/h5-7,9,15,18,20,42H,8,10-14,16-17,19H2,1-4H3,(H,36,37). The fourth-order valence-electron chi connectivity index (χ4n) is 6.37. The number of hydrogen-bond acceptors (Lipinski definition) is 11. The molecular weight excluding hydrogens is 618 g/mol. The monoisotopic (exact) mass is 657 g/mol. The third kappa shape index (κ3) is 6.69. The van der Waals surface area contributed by atoms with Gasteiger partial charge in [0.1, 0.15) is 17.3 Å². The van der Waals surface area contributed by atoms with Gasteiger partial charge in [-0.05, 0) is 60.1 Å². The highest BCUT2D eigenvalue weighted by Crippen LogP contribution is 2.43. The summed E-state index contributed by atoms with van der Waals surface area (Å²) in [6, 6.07) is 6.73. The van der Waals surface area contributed by atoms with Crippen molar-refractivity contribution in [2.75, 3.05) is 50.1 Å². The van der Waals surface area contributed by atoms with Gasteiger partial charge in [-0.2, -0.15) is 5.10 Å². The Labute approximate surface area is 277 Å². The predicted molar refractivity (Wildman–Crippen MR) is 181 cm³/mol. The van der Waals surface area contributed by atoms with Gasteiger partial charge < -0.3 is 25.0 Å². The molecule has 1 aliphatic heterocycles. The van der Waals surface area contributed by atoms with E-state index in [1.54, 1.807) is 53.7 Å². The van der Waals surface area contributed by atoms with Gasteiger partial charge in [-0.1, -0.05) is 13.8 Å². The van der Waals surface area contributed by atoms with Gasteiger partial charge in [-0.3, -0.25) is 14.4 Å². The summed E-state index contributed by atoms with van der Waals surface area (Å²) in [5.41, 5.74) is 4.62. The quantitative estimate of drug-likeness (QED) is 0.243. The van der Waals surface area contributed by atoms with Crippen LogP contribution >= 0.6 is 11.3 Å². The molecule has 2 aliphatic rings. The van der Waals surface area contributed by atoms with Gasteiger partial charge in [0.2, 0.25) is 0 Å². The second-order valence-electron chi connectivity index (χ2n) is 12.8. The van der Waals surface area contributed by atoms with Gasteiger partial charge in [0, 0.05) is 62.1 Å². The molecule has 1 saturated heterocycles. The molecule has 4 aromatic rings. The van der Waals surface area contributed by atoms with E-state index >= 15 is 0 Å². The van der Waals surface area contributed by atoms with Crippen LogP contribution in [0.5, 0.6) is 0 Å². The van der Waals surface area contributed by atoms with Crippen LogP contribution in [-0.4, -0.2) is 81.8 Å². The molecule has 0 radical (unpaired) electrons. The van der Waals surface area contributed by atoms with Gasteiger partial charge in [-0.15, -0.1) is 11.3 Å². The van der Waals surface area contributed by atoms with Crippen LogP contribution in [0.3, 0.4) is 0 Å². The molecule has 0 spiro atoms. The summed E-state index contributed by atoms with van der Waals surface area (Å²) in [6.07, 6.45) is 6.75. The molecular formula is C34H39N7O5S. The lowest BCUT2D eigenvalue weighted by Crippen LogP contribution is -2.40. The summed E-state index contributed by atoms with van der Waals surface area (Å²) in [4.78, 5) is 52.6. The number of aromatic nitrogens is 4. The summed E-state index contributed by atoms with van der Waals surface area (Å²) in [5, 5.41) is 18.1.